The number of ether oxygens (including phenoxy) is 1. The predicted octanol–water partition coefficient (Wildman–Crippen LogP) is 3.78. The van der Waals surface area contributed by atoms with Gasteiger partial charge in [-0.05, 0) is 60.7 Å². The highest BCUT2D eigenvalue weighted by molar-refractivity contribution is 7.92. The number of rotatable bonds is 6. The third kappa shape index (κ3) is 4.44. The Morgan fingerprint density at radius 3 is 2.07 bits per heavy atom. The number of nitro groups is 1. The summed E-state index contributed by atoms with van der Waals surface area (Å²) >= 11 is 0. The van der Waals surface area contributed by atoms with Gasteiger partial charge in [-0.2, -0.15) is 0 Å². The zero-order valence-corrected chi connectivity index (χ0v) is 16.4. The Balaban J connectivity index is 1.73. The monoisotopic (exact) mass is 430 g/mol. The van der Waals surface area contributed by atoms with Crippen LogP contribution in [0.5, 0.6) is 5.75 Å². The molecule has 0 aliphatic heterocycles. The number of nitrogens with zero attached hydrogens (tertiary/aromatic N) is 2. The van der Waals surface area contributed by atoms with Gasteiger partial charge in [0.1, 0.15) is 11.6 Å². The first-order valence-corrected chi connectivity index (χ1v) is 9.94. The largest absolute Gasteiger partial charge is 0.423 e. The lowest BCUT2D eigenvalue weighted by Crippen LogP contribution is -2.26. The van der Waals surface area contributed by atoms with Crippen LogP contribution >= 0.6 is 0 Å². The van der Waals surface area contributed by atoms with Crippen molar-refractivity contribution < 1.29 is 27.3 Å². The topological polar surface area (TPSA) is 107 Å². The smallest absolute Gasteiger partial charge is 0.343 e. The number of sulfonamides is 1. The van der Waals surface area contributed by atoms with Crippen LogP contribution in [0.2, 0.25) is 0 Å². The van der Waals surface area contributed by atoms with Gasteiger partial charge in [0.05, 0.1) is 21.1 Å². The number of hydrogen-bond donors (Lipinski definition) is 0. The predicted molar refractivity (Wildman–Crippen MR) is 106 cm³/mol. The van der Waals surface area contributed by atoms with Crippen molar-refractivity contribution in [3.8, 4) is 5.75 Å². The van der Waals surface area contributed by atoms with Crippen LogP contribution in [0.25, 0.3) is 0 Å². The fourth-order valence-electron chi connectivity index (χ4n) is 2.51. The van der Waals surface area contributed by atoms with Crippen molar-refractivity contribution >= 4 is 27.4 Å². The van der Waals surface area contributed by atoms with E-state index in [1.807, 2.05) is 0 Å². The minimum atomic E-state index is -3.89. The molecule has 3 rings (SSSR count). The van der Waals surface area contributed by atoms with Gasteiger partial charge < -0.3 is 4.74 Å². The third-order valence-corrected chi connectivity index (χ3v) is 6.00. The molecule has 0 aromatic heterocycles. The first-order valence-electron chi connectivity index (χ1n) is 8.50. The molecule has 0 unspecified atom stereocenters. The number of carbonyl (C=O) groups excluding carboxylic acids is 1. The number of hydrogen-bond acceptors (Lipinski definition) is 6. The maximum atomic E-state index is 13.0. The molecule has 154 valence electrons. The number of anilines is 1. The van der Waals surface area contributed by atoms with E-state index in [0.29, 0.717) is 5.69 Å². The first kappa shape index (κ1) is 20.9. The average molecular weight is 430 g/mol. The fraction of sp³-hybridized carbons (Fsp3) is 0.0500. The van der Waals surface area contributed by atoms with Gasteiger partial charge >= 0.3 is 5.97 Å². The molecule has 0 aliphatic rings. The van der Waals surface area contributed by atoms with Crippen LogP contribution in [0, 0.1) is 15.9 Å². The first-order chi connectivity index (χ1) is 14.2. The second-order valence-electron chi connectivity index (χ2n) is 6.11. The lowest BCUT2D eigenvalue weighted by molar-refractivity contribution is -0.384. The number of nitro benzene ring substituents is 1. The molecule has 0 bridgehead atoms. The highest BCUT2D eigenvalue weighted by atomic mass is 32.2. The van der Waals surface area contributed by atoms with Gasteiger partial charge in [0.25, 0.3) is 15.7 Å². The summed E-state index contributed by atoms with van der Waals surface area (Å²) in [5, 5.41) is 10.7. The van der Waals surface area contributed by atoms with Gasteiger partial charge in [0.15, 0.2) is 0 Å². The van der Waals surface area contributed by atoms with E-state index < -0.39 is 26.7 Å². The van der Waals surface area contributed by atoms with Crippen molar-refractivity contribution in [2.45, 2.75) is 4.90 Å². The van der Waals surface area contributed by atoms with Crippen LogP contribution in [0.3, 0.4) is 0 Å². The molecular weight excluding hydrogens is 415 g/mol. The van der Waals surface area contributed by atoms with Crippen molar-refractivity contribution in [1.82, 2.24) is 0 Å². The molecule has 0 saturated carbocycles. The van der Waals surface area contributed by atoms with Crippen LogP contribution in [0.1, 0.15) is 10.4 Å². The van der Waals surface area contributed by atoms with Crippen molar-refractivity contribution in [3.63, 3.8) is 0 Å². The maximum Gasteiger partial charge on any atom is 0.343 e. The number of carbonyl (C=O) groups is 1. The van der Waals surface area contributed by atoms with Crippen molar-refractivity contribution in [3.05, 3.63) is 94.3 Å². The van der Waals surface area contributed by atoms with Crippen LogP contribution in [-0.2, 0) is 10.0 Å². The summed E-state index contributed by atoms with van der Waals surface area (Å²) in [6.45, 7) is 0. The SMILES string of the molecule is CN(c1ccc(OC(=O)c2ccc([N+](=O)[O-])cc2)cc1)S(=O)(=O)c1ccc(F)cc1. The summed E-state index contributed by atoms with van der Waals surface area (Å²) in [6.07, 6.45) is 0. The number of halogens is 1. The molecule has 0 heterocycles. The van der Waals surface area contributed by atoms with E-state index in [1.54, 1.807) is 0 Å². The molecule has 0 saturated heterocycles. The maximum absolute atomic E-state index is 13.0. The molecule has 0 N–H and O–H groups in total. The van der Waals surface area contributed by atoms with Crippen LogP contribution < -0.4 is 9.04 Å². The Morgan fingerprint density at radius 1 is 0.967 bits per heavy atom. The van der Waals surface area contributed by atoms with Crippen molar-refractivity contribution in [2.75, 3.05) is 11.4 Å². The molecule has 30 heavy (non-hydrogen) atoms. The Kier molecular flexibility index (Phi) is 5.79. The van der Waals surface area contributed by atoms with E-state index in [4.69, 9.17) is 4.74 Å². The molecule has 8 nitrogen and oxygen atoms in total. The second-order valence-corrected chi connectivity index (χ2v) is 8.08. The summed E-state index contributed by atoms with van der Waals surface area (Å²) < 4.78 is 44.5. The standard InChI is InChI=1S/C20H15FN2O6S/c1-22(30(27,28)19-12-4-15(21)5-13-19)16-8-10-18(11-9-16)29-20(24)14-2-6-17(7-3-14)23(25)26/h2-13H,1H3. The van der Waals surface area contributed by atoms with Gasteiger partial charge in [-0.1, -0.05) is 0 Å². The number of benzene rings is 3. The van der Waals surface area contributed by atoms with Gasteiger partial charge in [-0.3, -0.25) is 14.4 Å². The summed E-state index contributed by atoms with van der Waals surface area (Å²) in [7, 11) is -2.55. The van der Waals surface area contributed by atoms with Crippen LogP contribution in [0.4, 0.5) is 15.8 Å². The molecule has 0 fully saturated rings. The Morgan fingerprint density at radius 2 is 1.53 bits per heavy atom. The van der Waals surface area contributed by atoms with E-state index in [0.717, 1.165) is 16.4 Å². The van der Waals surface area contributed by atoms with E-state index >= 15 is 0 Å². The summed E-state index contributed by atoms with van der Waals surface area (Å²) in [6, 6.07) is 15.1. The lowest BCUT2D eigenvalue weighted by atomic mass is 10.2. The number of esters is 1. The quantitative estimate of drug-likeness (QED) is 0.255. The average Bonchev–Trinajstić information content (AvgIpc) is 2.74. The third-order valence-electron chi connectivity index (χ3n) is 4.20. The Hall–Kier alpha value is -3.79. The van der Waals surface area contributed by atoms with Crippen LogP contribution in [0.15, 0.2) is 77.7 Å². The molecule has 0 spiro atoms. The normalized spacial score (nSPS) is 11.0. The molecule has 0 radical (unpaired) electrons. The molecule has 0 atom stereocenters. The summed E-state index contributed by atoms with van der Waals surface area (Å²) in [5.41, 5.74) is 0.274. The molecule has 3 aromatic carbocycles. The van der Waals surface area contributed by atoms with Gasteiger partial charge in [-0.15, -0.1) is 0 Å². The van der Waals surface area contributed by atoms with Crippen molar-refractivity contribution in [1.29, 1.82) is 0 Å². The molecule has 0 aliphatic carbocycles. The highest BCUT2D eigenvalue weighted by Gasteiger charge is 2.21. The highest BCUT2D eigenvalue weighted by Crippen LogP contribution is 2.25. The van der Waals surface area contributed by atoms with Gasteiger partial charge in [0.2, 0.25) is 0 Å². The zero-order valence-electron chi connectivity index (χ0n) is 15.6. The van der Waals surface area contributed by atoms with E-state index in [1.165, 1.54) is 67.7 Å². The minimum Gasteiger partial charge on any atom is -0.423 e. The molecular formula is C20H15FN2O6S. The van der Waals surface area contributed by atoms with Gasteiger partial charge in [-0.25, -0.2) is 17.6 Å². The summed E-state index contributed by atoms with van der Waals surface area (Å²) in [5.74, 6) is -1.10. The minimum absolute atomic E-state index is 0.0694. The molecule has 10 heteroatoms. The second kappa shape index (κ2) is 8.29. The zero-order chi connectivity index (χ0) is 21.9. The van der Waals surface area contributed by atoms with E-state index in [2.05, 4.69) is 0 Å². The molecule has 3 aromatic rings. The Labute approximate surface area is 171 Å². The number of non-ortho nitro benzene ring substituents is 1. The van der Waals surface area contributed by atoms with Crippen LogP contribution in [-0.4, -0.2) is 26.4 Å². The molecule has 0 amide bonds. The summed E-state index contributed by atoms with van der Waals surface area (Å²) in [4.78, 5) is 22.2. The van der Waals surface area contributed by atoms with Gasteiger partial charge in [0, 0.05) is 19.2 Å². The van der Waals surface area contributed by atoms with Crippen molar-refractivity contribution in [2.24, 2.45) is 0 Å². The lowest BCUT2D eigenvalue weighted by Gasteiger charge is -2.19. The van der Waals surface area contributed by atoms with E-state index in [9.17, 15) is 27.7 Å². The van der Waals surface area contributed by atoms with E-state index in [-0.39, 0.29) is 21.9 Å². The Bertz CT molecular complexity index is 1180. The fourth-order valence-corrected chi connectivity index (χ4v) is 3.71.